The number of nitrogens with zero attached hydrogens (tertiary/aromatic N) is 2. The highest BCUT2D eigenvalue weighted by atomic mass is 35.5. The van der Waals surface area contributed by atoms with Crippen molar-refractivity contribution < 1.29 is 4.74 Å². The van der Waals surface area contributed by atoms with Gasteiger partial charge in [-0.25, -0.2) is 4.98 Å². The highest BCUT2D eigenvalue weighted by Gasteiger charge is 2.15. The first-order chi connectivity index (χ1) is 13.5. The third-order valence-electron chi connectivity index (χ3n) is 4.61. The number of fused-ring (bicyclic) bond motifs is 1. The molecule has 3 nitrogen and oxygen atoms in total. The second kappa shape index (κ2) is 7.86. The first-order valence-corrected chi connectivity index (χ1v) is 9.88. The van der Waals surface area contributed by atoms with Gasteiger partial charge in [0.2, 0.25) is 0 Å². The summed E-state index contributed by atoms with van der Waals surface area (Å²) in [6.45, 7) is 5.33. The quantitative estimate of drug-likeness (QED) is 0.365. The van der Waals surface area contributed by atoms with Crippen molar-refractivity contribution >= 4 is 34.2 Å². The van der Waals surface area contributed by atoms with Crippen LogP contribution >= 0.6 is 23.2 Å². The molecule has 0 spiro atoms. The Morgan fingerprint density at radius 1 is 0.929 bits per heavy atom. The highest BCUT2D eigenvalue weighted by Crippen LogP contribution is 2.32. The summed E-state index contributed by atoms with van der Waals surface area (Å²) in [7, 11) is 0. The van der Waals surface area contributed by atoms with Crippen molar-refractivity contribution in [3.63, 3.8) is 0 Å². The van der Waals surface area contributed by atoms with E-state index < -0.39 is 0 Å². The van der Waals surface area contributed by atoms with Crippen molar-refractivity contribution in [3.05, 3.63) is 81.8 Å². The first kappa shape index (κ1) is 18.9. The predicted molar refractivity (Wildman–Crippen MR) is 117 cm³/mol. The van der Waals surface area contributed by atoms with E-state index in [4.69, 9.17) is 32.9 Å². The van der Waals surface area contributed by atoms with Crippen LogP contribution in [0, 0.1) is 13.8 Å². The van der Waals surface area contributed by atoms with Gasteiger partial charge < -0.3 is 9.30 Å². The molecule has 1 aromatic heterocycles. The molecule has 142 valence electrons. The third-order valence-corrected chi connectivity index (χ3v) is 5.15. The second-order valence-electron chi connectivity index (χ2n) is 6.87. The van der Waals surface area contributed by atoms with Gasteiger partial charge in [0.1, 0.15) is 18.2 Å². The van der Waals surface area contributed by atoms with Crippen molar-refractivity contribution in [2.45, 2.75) is 20.4 Å². The standard InChI is InChI=1S/C23H20Cl2N2O/c1-15-11-16(2)13-18(12-15)28-10-9-27-22-6-4-3-5-21(22)26-23(27)19-8-7-17(24)14-20(19)25/h3-8,11-14H,9-10H2,1-2H3. The monoisotopic (exact) mass is 410 g/mol. The summed E-state index contributed by atoms with van der Waals surface area (Å²) in [5.74, 6) is 1.69. The molecule has 0 unspecified atom stereocenters. The smallest absolute Gasteiger partial charge is 0.142 e. The number of ether oxygens (including phenoxy) is 1. The molecule has 0 amide bonds. The van der Waals surface area contributed by atoms with E-state index in [2.05, 4.69) is 42.7 Å². The Balaban J connectivity index is 1.67. The van der Waals surface area contributed by atoms with Crippen LogP contribution < -0.4 is 4.74 Å². The molecule has 4 aromatic rings. The molecule has 0 radical (unpaired) electrons. The maximum absolute atomic E-state index is 6.46. The molecule has 3 aromatic carbocycles. The summed E-state index contributed by atoms with van der Waals surface area (Å²) in [6, 6.07) is 19.8. The number of aromatic nitrogens is 2. The van der Waals surface area contributed by atoms with E-state index in [1.54, 1.807) is 6.07 Å². The number of hydrogen-bond acceptors (Lipinski definition) is 2. The van der Waals surface area contributed by atoms with Crippen molar-refractivity contribution in [3.8, 4) is 17.1 Å². The third kappa shape index (κ3) is 3.87. The molecule has 0 saturated carbocycles. The first-order valence-electron chi connectivity index (χ1n) is 9.13. The van der Waals surface area contributed by atoms with Crippen LogP contribution in [0.2, 0.25) is 10.0 Å². The zero-order chi connectivity index (χ0) is 19.7. The normalized spacial score (nSPS) is 11.1. The number of imidazole rings is 1. The Hall–Kier alpha value is -2.49. The number of rotatable bonds is 5. The predicted octanol–water partition coefficient (Wildman–Crippen LogP) is 6.71. The van der Waals surface area contributed by atoms with Gasteiger partial charge in [0, 0.05) is 10.6 Å². The maximum atomic E-state index is 6.46. The number of aryl methyl sites for hydroxylation is 2. The SMILES string of the molecule is Cc1cc(C)cc(OCCn2c(-c3ccc(Cl)cc3Cl)nc3ccccc32)c1. The van der Waals surface area contributed by atoms with E-state index in [1.165, 1.54) is 11.1 Å². The fourth-order valence-corrected chi connectivity index (χ4v) is 3.94. The molecule has 0 bridgehead atoms. The molecule has 0 aliphatic carbocycles. The molecule has 0 atom stereocenters. The van der Waals surface area contributed by atoms with E-state index in [1.807, 2.05) is 30.3 Å². The topological polar surface area (TPSA) is 27.1 Å². The minimum Gasteiger partial charge on any atom is -0.492 e. The zero-order valence-electron chi connectivity index (χ0n) is 15.7. The number of hydrogen-bond donors (Lipinski definition) is 0. The summed E-state index contributed by atoms with van der Waals surface area (Å²) in [6.07, 6.45) is 0. The average Bonchev–Trinajstić information content (AvgIpc) is 2.99. The van der Waals surface area contributed by atoms with Gasteiger partial charge in [-0.1, -0.05) is 41.4 Å². The Kier molecular flexibility index (Phi) is 5.29. The summed E-state index contributed by atoms with van der Waals surface area (Å²) >= 11 is 12.5. The Morgan fingerprint density at radius 2 is 1.68 bits per heavy atom. The molecule has 5 heteroatoms. The van der Waals surface area contributed by atoms with Crippen molar-refractivity contribution in [2.75, 3.05) is 6.61 Å². The van der Waals surface area contributed by atoms with Gasteiger partial charge in [-0.15, -0.1) is 0 Å². The van der Waals surface area contributed by atoms with Crippen molar-refractivity contribution in [1.29, 1.82) is 0 Å². The molecule has 0 aliphatic heterocycles. The molecule has 28 heavy (non-hydrogen) atoms. The fourth-order valence-electron chi connectivity index (χ4n) is 3.45. The lowest BCUT2D eigenvalue weighted by atomic mass is 10.1. The summed E-state index contributed by atoms with van der Waals surface area (Å²) in [4.78, 5) is 4.81. The fraction of sp³-hybridized carbons (Fsp3) is 0.174. The molecule has 0 aliphatic rings. The maximum Gasteiger partial charge on any atom is 0.142 e. The van der Waals surface area contributed by atoms with Gasteiger partial charge in [-0.05, 0) is 67.4 Å². The highest BCUT2D eigenvalue weighted by molar-refractivity contribution is 6.36. The van der Waals surface area contributed by atoms with E-state index in [0.29, 0.717) is 23.2 Å². The molecule has 1 heterocycles. The second-order valence-corrected chi connectivity index (χ2v) is 7.72. The van der Waals surface area contributed by atoms with Crippen LogP contribution in [0.1, 0.15) is 11.1 Å². The van der Waals surface area contributed by atoms with Gasteiger partial charge in [0.15, 0.2) is 0 Å². The van der Waals surface area contributed by atoms with Gasteiger partial charge in [0.05, 0.1) is 22.6 Å². The summed E-state index contributed by atoms with van der Waals surface area (Å²) in [5, 5.41) is 1.19. The van der Waals surface area contributed by atoms with Gasteiger partial charge >= 0.3 is 0 Å². The van der Waals surface area contributed by atoms with Crippen LogP contribution in [0.25, 0.3) is 22.4 Å². The lowest BCUT2D eigenvalue weighted by Gasteiger charge is -2.13. The van der Waals surface area contributed by atoms with E-state index in [9.17, 15) is 0 Å². The number of benzene rings is 3. The summed E-state index contributed by atoms with van der Waals surface area (Å²) < 4.78 is 8.17. The Bertz CT molecular complexity index is 1130. The van der Waals surface area contributed by atoms with E-state index in [0.717, 1.165) is 28.2 Å². The molecule has 4 rings (SSSR count). The van der Waals surface area contributed by atoms with Gasteiger partial charge in [-0.2, -0.15) is 0 Å². The zero-order valence-corrected chi connectivity index (χ0v) is 17.3. The molecular weight excluding hydrogens is 391 g/mol. The lowest BCUT2D eigenvalue weighted by molar-refractivity contribution is 0.300. The van der Waals surface area contributed by atoms with Crippen LogP contribution in [-0.2, 0) is 6.54 Å². The lowest BCUT2D eigenvalue weighted by Crippen LogP contribution is -2.10. The van der Waals surface area contributed by atoms with Crippen molar-refractivity contribution in [1.82, 2.24) is 9.55 Å². The Morgan fingerprint density at radius 3 is 2.43 bits per heavy atom. The van der Waals surface area contributed by atoms with Gasteiger partial charge in [-0.3, -0.25) is 0 Å². The largest absolute Gasteiger partial charge is 0.492 e. The molecular formula is C23H20Cl2N2O. The Labute approximate surface area is 174 Å². The number of para-hydroxylation sites is 2. The minimum atomic E-state index is 0.529. The minimum absolute atomic E-state index is 0.529. The summed E-state index contributed by atoms with van der Waals surface area (Å²) in [5.41, 5.74) is 5.21. The van der Waals surface area contributed by atoms with Crippen LogP contribution in [-0.4, -0.2) is 16.2 Å². The average molecular weight is 411 g/mol. The van der Waals surface area contributed by atoms with Gasteiger partial charge in [0.25, 0.3) is 0 Å². The molecule has 0 fully saturated rings. The van der Waals surface area contributed by atoms with E-state index in [-0.39, 0.29) is 0 Å². The van der Waals surface area contributed by atoms with Crippen LogP contribution in [0.3, 0.4) is 0 Å². The number of halogens is 2. The van der Waals surface area contributed by atoms with Crippen molar-refractivity contribution in [2.24, 2.45) is 0 Å². The molecule has 0 N–H and O–H groups in total. The van der Waals surface area contributed by atoms with E-state index >= 15 is 0 Å². The van der Waals surface area contributed by atoms with Crippen LogP contribution in [0.15, 0.2) is 60.7 Å². The van der Waals surface area contributed by atoms with Crippen LogP contribution in [0.4, 0.5) is 0 Å². The molecule has 0 saturated heterocycles. The van der Waals surface area contributed by atoms with Crippen LogP contribution in [0.5, 0.6) is 5.75 Å².